The number of benzene rings is 1. The molecule has 1 rings (SSSR count). The summed E-state index contributed by atoms with van der Waals surface area (Å²) in [6, 6.07) is 6.23. The number of para-hydroxylation sites is 1. The first-order valence-electron chi connectivity index (χ1n) is 4.17. The number of Topliss-reactive ketones (excluding diaryl/α,β-unsaturated/α-hetero) is 1. The number of hydrogen-bond donors (Lipinski definition) is 2. The van der Waals surface area contributed by atoms with Gasteiger partial charge in [0.1, 0.15) is 5.75 Å². The van der Waals surface area contributed by atoms with Crippen molar-refractivity contribution >= 4 is 11.7 Å². The minimum atomic E-state index is -0.307. The van der Waals surface area contributed by atoms with Crippen LogP contribution < -0.4 is 5.32 Å². The van der Waals surface area contributed by atoms with Gasteiger partial charge in [0.2, 0.25) is 5.91 Å². The van der Waals surface area contributed by atoms with Crippen molar-refractivity contribution in [2.24, 2.45) is 0 Å². The van der Waals surface area contributed by atoms with Crippen LogP contribution in [0.5, 0.6) is 5.75 Å². The number of nitrogens with one attached hydrogen (secondary N) is 1. The zero-order chi connectivity index (χ0) is 10.6. The van der Waals surface area contributed by atoms with E-state index in [1.54, 1.807) is 12.1 Å². The lowest BCUT2D eigenvalue weighted by molar-refractivity contribution is -0.118. The molecule has 4 heteroatoms. The van der Waals surface area contributed by atoms with Crippen molar-refractivity contribution in [3.63, 3.8) is 0 Å². The average Bonchev–Trinajstić information content (AvgIpc) is 2.15. The third kappa shape index (κ3) is 2.58. The van der Waals surface area contributed by atoms with Gasteiger partial charge in [-0.25, -0.2) is 0 Å². The highest BCUT2D eigenvalue weighted by atomic mass is 16.3. The van der Waals surface area contributed by atoms with Crippen LogP contribution >= 0.6 is 0 Å². The molecule has 4 nitrogen and oxygen atoms in total. The van der Waals surface area contributed by atoms with Gasteiger partial charge in [-0.1, -0.05) is 12.1 Å². The molecule has 0 saturated heterocycles. The van der Waals surface area contributed by atoms with E-state index in [1.807, 2.05) is 0 Å². The van der Waals surface area contributed by atoms with Gasteiger partial charge in [-0.3, -0.25) is 9.59 Å². The minimum Gasteiger partial charge on any atom is -0.507 e. The fraction of sp³-hybridized carbons (Fsp3) is 0.200. The molecule has 0 aliphatic rings. The van der Waals surface area contributed by atoms with Crippen molar-refractivity contribution in [1.82, 2.24) is 5.32 Å². The van der Waals surface area contributed by atoms with Crippen LogP contribution in [-0.2, 0) is 4.79 Å². The summed E-state index contributed by atoms with van der Waals surface area (Å²) in [5.41, 5.74) is 0.223. The van der Waals surface area contributed by atoms with E-state index in [2.05, 4.69) is 5.32 Å². The van der Waals surface area contributed by atoms with E-state index in [0.29, 0.717) is 0 Å². The summed E-state index contributed by atoms with van der Waals surface area (Å²) in [7, 11) is 0. The molecular formula is C10H11NO3. The van der Waals surface area contributed by atoms with Gasteiger partial charge < -0.3 is 10.4 Å². The van der Waals surface area contributed by atoms with Crippen LogP contribution in [0.15, 0.2) is 24.3 Å². The van der Waals surface area contributed by atoms with E-state index in [0.717, 1.165) is 0 Å². The molecule has 0 heterocycles. The Bertz CT molecular complexity index is 360. The molecule has 0 aliphatic carbocycles. The van der Waals surface area contributed by atoms with Crippen molar-refractivity contribution in [3.8, 4) is 5.75 Å². The number of aromatic hydroxyl groups is 1. The van der Waals surface area contributed by atoms with E-state index >= 15 is 0 Å². The molecule has 0 atom stereocenters. The van der Waals surface area contributed by atoms with Crippen LogP contribution in [-0.4, -0.2) is 23.3 Å². The Balaban J connectivity index is 2.70. The second-order valence-electron chi connectivity index (χ2n) is 2.85. The van der Waals surface area contributed by atoms with Gasteiger partial charge in [0, 0.05) is 6.92 Å². The third-order valence-electron chi connectivity index (χ3n) is 1.70. The monoisotopic (exact) mass is 193 g/mol. The highest BCUT2D eigenvalue weighted by Crippen LogP contribution is 2.15. The highest BCUT2D eigenvalue weighted by molar-refractivity contribution is 6.01. The lowest BCUT2D eigenvalue weighted by Gasteiger charge is -2.03. The first-order valence-corrected chi connectivity index (χ1v) is 4.17. The van der Waals surface area contributed by atoms with Gasteiger partial charge in [0.15, 0.2) is 5.78 Å². The molecular weight excluding hydrogens is 182 g/mol. The Kier molecular flexibility index (Phi) is 3.23. The predicted octanol–water partition coefficient (Wildman–Crippen LogP) is 0.711. The smallest absolute Gasteiger partial charge is 0.217 e. The van der Waals surface area contributed by atoms with Gasteiger partial charge >= 0.3 is 0 Å². The first-order chi connectivity index (χ1) is 6.61. The molecule has 0 spiro atoms. The number of carbonyl (C=O) groups excluding carboxylic acids is 2. The van der Waals surface area contributed by atoms with Crippen LogP contribution in [0, 0.1) is 0 Å². The van der Waals surface area contributed by atoms with Crippen molar-refractivity contribution in [1.29, 1.82) is 0 Å². The van der Waals surface area contributed by atoms with Gasteiger partial charge in [-0.15, -0.1) is 0 Å². The average molecular weight is 193 g/mol. The van der Waals surface area contributed by atoms with Crippen molar-refractivity contribution in [3.05, 3.63) is 29.8 Å². The summed E-state index contributed by atoms with van der Waals surface area (Å²) in [5.74, 6) is -0.644. The summed E-state index contributed by atoms with van der Waals surface area (Å²) in [5, 5.41) is 11.7. The number of ketones is 1. The van der Waals surface area contributed by atoms with Crippen LogP contribution in [0.25, 0.3) is 0 Å². The number of hydrogen-bond acceptors (Lipinski definition) is 3. The molecule has 0 aliphatic heterocycles. The summed E-state index contributed by atoms with van der Waals surface area (Å²) in [6.07, 6.45) is 0. The van der Waals surface area contributed by atoms with Gasteiger partial charge in [0.25, 0.3) is 0 Å². The highest BCUT2D eigenvalue weighted by Gasteiger charge is 2.09. The van der Waals surface area contributed by atoms with Crippen LogP contribution in [0.1, 0.15) is 17.3 Å². The maximum absolute atomic E-state index is 11.4. The Morgan fingerprint density at radius 1 is 1.36 bits per heavy atom. The molecule has 0 saturated carbocycles. The first kappa shape index (κ1) is 10.2. The van der Waals surface area contributed by atoms with E-state index in [1.165, 1.54) is 19.1 Å². The molecule has 0 radical (unpaired) electrons. The van der Waals surface area contributed by atoms with Gasteiger partial charge in [-0.2, -0.15) is 0 Å². The number of phenols is 1. The fourth-order valence-corrected chi connectivity index (χ4v) is 1.01. The summed E-state index contributed by atoms with van der Waals surface area (Å²) in [4.78, 5) is 21.9. The van der Waals surface area contributed by atoms with E-state index in [4.69, 9.17) is 0 Å². The predicted molar refractivity (Wildman–Crippen MR) is 51.1 cm³/mol. The second kappa shape index (κ2) is 4.41. The van der Waals surface area contributed by atoms with E-state index in [-0.39, 0.29) is 29.5 Å². The van der Waals surface area contributed by atoms with Crippen LogP contribution in [0.4, 0.5) is 0 Å². The molecule has 1 amide bonds. The molecule has 0 aromatic heterocycles. The Labute approximate surface area is 81.6 Å². The van der Waals surface area contributed by atoms with Crippen LogP contribution in [0.3, 0.4) is 0 Å². The Morgan fingerprint density at radius 3 is 2.57 bits per heavy atom. The lowest BCUT2D eigenvalue weighted by Crippen LogP contribution is -2.27. The van der Waals surface area contributed by atoms with Crippen molar-refractivity contribution < 1.29 is 14.7 Å². The maximum Gasteiger partial charge on any atom is 0.217 e. The standard InChI is InChI=1S/C10H11NO3/c1-7(12)11-6-10(14)8-4-2-3-5-9(8)13/h2-5,13H,6H2,1H3,(H,11,12). The third-order valence-corrected chi connectivity index (χ3v) is 1.70. The van der Waals surface area contributed by atoms with Crippen molar-refractivity contribution in [2.75, 3.05) is 6.54 Å². The zero-order valence-electron chi connectivity index (χ0n) is 7.78. The summed E-state index contributed by atoms with van der Waals surface area (Å²) in [6.45, 7) is 1.24. The molecule has 0 fully saturated rings. The summed E-state index contributed by atoms with van der Waals surface area (Å²) < 4.78 is 0. The largest absolute Gasteiger partial charge is 0.507 e. The Morgan fingerprint density at radius 2 is 2.00 bits per heavy atom. The number of carbonyl (C=O) groups is 2. The molecule has 1 aromatic carbocycles. The van der Waals surface area contributed by atoms with Gasteiger partial charge in [0.05, 0.1) is 12.1 Å². The zero-order valence-corrected chi connectivity index (χ0v) is 7.78. The lowest BCUT2D eigenvalue weighted by atomic mass is 10.1. The van der Waals surface area contributed by atoms with E-state index in [9.17, 15) is 14.7 Å². The quantitative estimate of drug-likeness (QED) is 0.695. The normalized spacial score (nSPS) is 9.50. The topological polar surface area (TPSA) is 66.4 Å². The number of rotatable bonds is 3. The molecule has 2 N–H and O–H groups in total. The maximum atomic E-state index is 11.4. The van der Waals surface area contributed by atoms with Crippen molar-refractivity contribution in [2.45, 2.75) is 6.92 Å². The molecule has 14 heavy (non-hydrogen) atoms. The number of phenolic OH excluding ortho intramolecular Hbond substituents is 1. The SMILES string of the molecule is CC(=O)NCC(=O)c1ccccc1O. The molecule has 74 valence electrons. The van der Waals surface area contributed by atoms with Crippen LogP contribution in [0.2, 0.25) is 0 Å². The number of amides is 1. The van der Waals surface area contributed by atoms with Gasteiger partial charge in [-0.05, 0) is 12.1 Å². The Hall–Kier alpha value is -1.84. The second-order valence-corrected chi connectivity index (χ2v) is 2.85. The molecule has 0 unspecified atom stereocenters. The minimum absolute atomic E-state index is 0.0668. The summed E-state index contributed by atoms with van der Waals surface area (Å²) >= 11 is 0. The van der Waals surface area contributed by atoms with E-state index < -0.39 is 0 Å². The molecule has 0 bridgehead atoms. The fourth-order valence-electron chi connectivity index (χ4n) is 1.01. The molecule has 1 aromatic rings.